The average Bonchev–Trinajstić information content (AvgIpc) is 2.41. The van der Waals surface area contributed by atoms with E-state index in [1.165, 1.54) is 0 Å². The highest BCUT2D eigenvalue weighted by molar-refractivity contribution is 5.95. The van der Waals surface area contributed by atoms with Crippen LogP contribution >= 0.6 is 0 Å². The van der Waals surface area contributed by atoms with Gasteiger partial charge in [-0.2, -0.15) is 0 Å². The quantitative estimate of drug-likeness (QED) is 0.882. The molecule has 1 saturated carbocycles. The van der Waals surface area contributed by atoms with Gasteiger partial charge in [0, 0.05) is 11.4 Å². The molecule has 0 spiro atoms. The molecular formula is C16H20N2O2. The van der Waals surface area contributed by atoms with E-state index in [1.54, 1.807) is 0 Å². The van der Waals surface area contributed by atoms with Crippen LogP contribution in [0, 0.1) is 6.92 Å². The molecule has 106 valence electrons. The van der Waals surface area contributed by atoms with Crippen LogP contribution in [-0.2, 0) is 0 Å². The number of hydrogen-bond donors (Lipinski definition) is 2. The van der Waals surface area contributed by atoms with Crippen molar-refractivity contribution in [2.45, 2.75) is 44.8 Å². The Balaban J connectivity index is 1.91. The first-order valence-electron chi connectivity index (χ1n) is 7.14. The lowest BCUT2D eigenvalue weighted by molar-refractivity contribution is 0.0673. The Morgan fingerprint density at radius 3 is 2.75 bits per heavy atom. The standard InChI is InChI=1S/C16H20N2O2/c1-10-9-13(17)16-14(18-10)3-2-4-15(16)20-12-7-5-11(19)6-8-12/h2-4,9,11-12,19H,5-8H2,1H3,(H2,17,18)/t11-,12-. The zero-order valence-electron chi connectivity index (χ0n) is 11.7. The molecule has 0 radical (unpaired) electrons. The first-order chi connectivity index (χ1) is 9.63. The summed E-state index contributed by atoms with van der Waals surface area (Å²) in [5.74, 6) is 0.800. The van der Waals surface area contributed by atoms with Gasteiger partial charge in [-0.1, -0.05) is 6.07 Å². The lowest BCUT2D eigenvalue weighted by atomic mass is 9.95. The number of nitrogens with two attached hydrogens (primary N) is 1. The van der Waals surface area contributed by atoms with Crippen molar-refractivity contribution < 1.29 is 9.84 Å². The molecule has 0 bridgehead atoms. The first kappa shape index (κ1) is 13.2. The van der Waals surface area contributed by atoms with Crippen LogP contribution in [-0.4, -0.2) is 22.3 Å². The number of nitrogens with zero attached hydrogens (tertiary/aromatic N) is 1. The number of benzene rings is 1. The van der Waals surface area contributed by atoms with E-state index in [4.69, 9.17) is 10.5 Å². The third kappa shape index (κ3) is 2.56. The summed E-state index contributed by atoms with van der Waals surface area (Å²) in [5.41, 5.74) is 8.61. The molecule has 0 aliphatic heterocycles. The molecule has 1 heterocycles. The zero-order valence-corrected chi connectivity index (χ0v) is 11.7. The predicted octanol–water partition coefficient (Wildman–Crippen LogP) is 2.81. The predicted molar refractivity (Wildman–Crippen MR) is 79.8 cm³/mol. The number of aromatic nitrogens is 1. The molecule has 1 aliphatic rings. The number of aliphatic hydroxyl groups excluding tert-OH is 1. The van der Waals surface area contributed by atoms with Crippen molar-refractivity contribution in [2.75, 3.05) is 5.73 Å². The minimum absolute atomic E-state index is 0.157. The second-order valence-corrected chi connectivity index (χ2v) is 5.55. The molecule has 1 aliphatic carbocycles. The first-order valence-corrected chi connectivity index (χ1v) is 7.14. The molecule has 3 N–H and O–H groups in total. The van der Waals surface area contributed by atoms with Crippen LogP contribution < -0.4 is 10.5 Å². The Kier molecular flexibility index (Phi) is 3.49. The number of rotatable bonds is 2. The number of hydrogen-bond acceptors (Lipinski definition) is 4. The van der Waals surface area contributed by atoms with Crippen molar-refractivity contribution in [1.82, 2.24) is 4.98 Å². The molecule has 4 nitrogen and oxygen atoms in total. The summed E-state index contributed by atoms with van der Waals surface area (Å²) in [6.45, 7) is 1.94. The number of ether oxygens (including phenoxy) is 1. The van der Waals surface area contributed by atoms with E-state index in [0.717, 1.165) is 48.0 Å². The van der Waals surface area contributed by atoms with E-state index in [1.807, 2.05) is 31.2 Å². The van der Waals surface area contributed by atoms with Crippen LogP contribution in [0.5, 0.6) is 5.75 Å². The minimum atomic E-state index is -0.170. The van der Waals surface area contributed by atoms with Gasteiger partial charge in [0.15, 0.2) is 0 Å². The van der Waals surface area contributed by atoms with E-state index < -0.39 is 0 Å². The topological polar surface area (TPSA) is 68.4 Å². The molecule has 0 atom stereocenters. The minimum Gasteiger partial charge on any atom is -0.490 e. The summed E-state index contributed by atoms with van der Waals surface area (Å²) >= 11 is 0. The molecule has 4 heteroatoms. The van der Waals surface area contributed by atoms with Crippen molar-refractivity contribution >= 4 is 16.6 Å². The van der Waals surface area contributed by atoms with E-state index in [-0.39, 0.29) is 12.2 Å². The van der Waals surface area contributed by atoms with Gasteiger partial charge < -0.3 is 15.6 Å². The van der Waals surface area contributed by atoms with Crippen LogP contribution in [0.3, 0.4) is 0 Å². The van der Waals surface area contributed by atoms with Gasteiger partial charge in [0.05, 0.1) is 23.1 Å². The summed E-state index contributed by atoms with van der Waals surface area (Å²) in [6.07, 6.45) is 3.37. The largest absolute Gasteiger partial charge is 0.490 e. The fourth-order valence-electron chi connectivity index (χ4n) is 2.86. The van der Waals surface area contributed by atoms with Crippen molar-refractivity contribution in [3.05, 3.63) is 30.0 Å². The Morgan fingerprint density at radius 1 is 1.25 bits per heavy atom. The zero-order chi connectivity index (χ0) is 14.1. The highest BCUT2D eigenvalue weighted by Gasteiger charge is 2.21. The van der Waals surface area contributed by atoms with Gasteiger partial charge in [-0.3, -0.25) is 4.98 Å². The Labute approximate surface area is 118 Å². The average molecular weight is 272 g/mol. The second-order valence-electron chi connectivity index (χ2n) is 5.55. The third-order valence-corrected chi connectivity index (χ3v) is 3.89. The number of fused-ring (bicyclic) bond motifs is 1. The van der Waals surface area contributed by atoms with E-state index in [0.29, 0.717) is 5.69 Å². The second kappa shape index (κ2) is 5.29. The highest BCUT2D eigenvalue weighted by Crippen LogP contribution is 2.33. The highest BCUT2D eigenvalue weighted by atomic mass is 16.5. The van der Waals surface area contributed by atoms with Crippen LogP contribution in [0.2, 0.25) is 0 Å². The fourth-order valence-corrected chi connectivity index (χ4v) is 2.86. The van der Waals surface area contributed by atoms with E-state index >= 15 is 0 Å². The van der Waals surface area contributed by atoms with Crippen molar-refractivity contribution in [1.29, 1.82) is 0 Å². The van der Waals surface area contributed by atoms with Crippen LogP contribution in [0.1, 0.15) is 31.4 Å². The molecule has 0 unspecified atom stereocenters. The lowest BCUT2D eigenvalue weighted by Gasteiger charge is -2.26. The maximum absolute atomic E-state index is 9.55. The summed E-state index contributed by atoms with van der Waals surface area (Å²) in [7, 11) is 0. The molecule has 1 aromatic heterocycles. The number of pyridine rings is 1. The summed E-state index contributed by atoms with van der Waals surface area (Å²) in [6, 6.07) is 7.72. The summed E-state index contributed by atoms with van der Waals surface area (Å²) < 4.78 is 6.11. The summed E-state index contributed by atoms with van der Waals surface area (Å²) in [4.78, 5) is 4.50. The molecule has 0 amide bonds. The van der Waals surface area contributed by atoms with Gasteiger partial charge in [0.1, 0.15) is 5.75 Å². The smallest absolute Gasteiger partial charge is 0.131 e. The molecule has 1 fully saturated rings. The maximum atomic E-state index is 9.55. The third-order valence-electron chi connectivity index (χ3n) is 3.89. The SMILES string of the molecule is Cc1cc(N)c2c(O[C@H]3CC[C@H](O)CC3)cccc2n1. The Bertz CT molecular complexity index is 619. The van der Waals surface area contributed by atoms with Gasteiger partial charge >= 0.3 is 0 Å². The molecule has 20 heavy (non-hydrogen) atoms. The number of nitrogen functional groups attached to an aromatic ring is 1. The number of aliphatic hydroxyl groups is 1. The van der Waals surface area contributed by atoms with E-state index in [2.05, 4.69) is 4.98 Å². The number of anilines is 1. The maximum Gasteiger partial charge on any atom is 0.131 e. The molecule has 2 aromatic rings. The fraction of sp³-hybridized carbons (Fsp3) is 0.438. The van der Waals surface area contributed by atoms with Crippen molar-refractivity contribution in [2.24, 2.45) is 0 Å². The van der Waals surface area contributed by atoms with Gasteiger partial charge in [-0.25, -0.2) is 0 Å². The van der Waals surface area contributed by atoms with E-state index in [9.17, 15) is 5.11 Å². The Morgan fingerprint density at radius 2 is 2.00 bits per heavy atom. The van der Waals surface area contributed by atoms with Crippen LogP contribution in [0.25, 0.3) is 10.9 Å². The van der Waals surface area contributed by atoms with Crippen LogP contribution in [0.15, 0.2) is 24.3 Å². The van der Waals surface area contributed by atoms with Crippen LogP contribution in [0.4, 0.5) is 5.69 Å². The monoisotopic (exact) mass is 272 g/mol. The van der Waals surface area contributed by atoms with Crippen molar-refractivity contribution in [3.8, 4) is 5.75 Å². The molecule has 1 aromatic carbocycles. The van der Waals surface area contributed by atoms with Gasteiger partial charge in [-0.05, 0) is 50.8 Å². The normalized spacial score (nSPS) is 22.9. The molecule has 0 saturated heterocycles. The number of aryl methyl sites for hydroxylation is 1. The van der Waals surface area contributed by atoms with Gasteiger partial charge in [-0.15, -0.1) is 0 Å². The Hall–Kier alpha value is -1.81. The van der Waals surface area contributed by atoms with Gasteiger partial charge in [0.25, 0.3) is 0 Å². The molecular weight excluding hydrogens is 252 g/mol. The van der Waals surface area contributed by atoms with Crippen molar-refractivity contribution in [3.63, 3.8) is 0 Å². The van der Waals surface area contributed by atoms with Gasteiger partial charge in [0.2, 0.25) is 0 Å². The molecule has 3 rings (SSSR count). The summed E-state index contributed by atoms with van der Waals surface area (Å²) in [5, 5.41) is 10.4. The lowest BCUT2D eigenvalue weighted by Crippen LogP contribution is -2.26.